The van der Waals surface area contributed by atoms with E-state index in [0.29, 0.717) is 11.4 Å². The minimum absolute atomic E-state index is 0.0248. The van der Waals surface area contributed by atoms with Crippen molar-refractivity contribution in [2.24, 2.45) is 0 Å². The summed E-state index contributed by atoms with van der Waals surface area (Å²) < 4.78 is 54.4. The average Bonchev–Trinajstić information content (AvgIpc) is 2.72. The lowest BCUT2D eigenvalue weighted by molar-refractivity contribution is 0.281. The molecule has 0 unspecified atom stereocenters. The number of pyridine rings is 1. The Morgan fingerprint density at radius 3 is 2.31 bits per heavy atom. The number of anilines is 3. The van der Waals surface area contributed by atoms with Crippen molar-refractivity contribution in [1.82, 2.24) is 15.0 Å². The zero-order chi connectivity index (χ0) is 21.0. The highest BCUT2D eigenvalue weighted by atomic mass is 19.2. The first-order chi connectivity index (χ1) is 13.9. The number of benzene rings is 1. The van der Waals surface area contributed by atoms with Gasteiger partial charge in [-0.1, -0.05) is 6.07 Å². The summed E-state index contributed by atoms with van der Waals surface area (Å²) in [5.74, 6) is -6.18. The Balaban J connectivity index is 1.93. The van der Waals surface area contributed by atoms with Gasteiger partial charge in [-0.25, -0.2) is 22.5 Å². The molecule has 0 radical (unpaired) electrons. The number of aliphatic hydroxyl groups is 1. The van der Waals surface area contributed by atoms with E-state index >= 15 is 0 Å². The maximum atomic E-state index is 13.8. The molecule has 152 valence electrons. The number of hydrazine groups is 1. The predicted octanol–water partition coefficient (Wildman–Crippen LogP) is 3.33. The van der Waals surface area contributed by atoms with Crippen LogP contribution >= 0.6 is 0 Å². The third-order valence-corrected chi connectivity index (χ3v) is 3.73. The van der Waals surface area contributed by atoms with Crippen molar-refractivity contribution in [3.63, 3.8) is 0 Å². The highest BCUT2D eigenvalue weighted by Gasteiger charge is 2.19. The van der Waals surface area contributed by atoms with Crippen molar-refractivity contribution < 1.29 is 22.7 Å². The van der Waals surface area contributed by atoms with Gasteiger partial charge in [-0.15, -0.1) is 0 Å². The first-order valence-corrected chi connectivity index (χ1v) is 8.42. The summed E-state index contributed by atoms with van der Waals surface area (Å²) in [6, 6.07) is 6.26. The molecule has 0 aliphatic heterocycles. The summed E-state index contributed by atoms with van der Waals surface area (Å²) in [4.78, 5) is 12.5. The number of rotatable bonds is 7. The Hall–Kier alpha value is -3.47. The van der Waals surface area contributed by atoms with Gasteiger partial charge in [0.1, 0.15) is 5.69 Å². The Labute approximate surface area is 162 Å². The van der Waals surface area contributed by atoms with E-state index in [-0.39, 0.29) is 30.5 Å². The zero-order valence-corrected chi connectivity index (χ0v) is 15.0. The molecule has 3 rings (SSSR count). The van der Waals surface area contributed by atoms with Crippen LogP contribution in [0.2, 0.25) is 0 Å². The molecular weight excluding hydrogens is 392 g/mol. The van der Waals surface area contributed by atoms with E-state index < -0.39 is 29.0 Å². The van der Waals surface area contributed by atoms with Gasteiger partial charge in [-0.2, -0.15) is 4.98 Å². The SMILES string of the molecule is C[C@@H](CO)Nc1nc(NNc2c(F)c(F)cc(F)c2F)cc(-c2ccccn2)n1. The Bertz CT molecular complexity index is 979. The number of aliphatic hydroxyl groups excluding tert-OH is 1. The van der Waals surface area contributed by atoms with E-state index in [1.807, 2.05) is 0 Å². The van der Waals surface area contributed by atoms with Gasteiger partial charge in [0.05, 0.1) is 18.0 Å². The lowest BCUT2D eigenvalue weighted by Crippen LogP contribution is -2.22. The molecule has 4 N–H and O–H groups in total. The van der Waals surface area contributed by atoms with E-state index in [1.165, 1.54) is 6.07 Å². The highest BCUT2D eigenvalue weighted by Crippen LogP contribution is 2.25. The van der Waals surface area contributed by atoms with Crippen molar-refractivity contribution in [3.05, 3.63) is 59.8 Å². The molecule has 7 nitrogen and oxygen atoms in total. The van der Waals surface area contributed by atoms with Gasteiger partial charge in [0, 0.05) is 24.4 Å². The van der Waals surface area contributed by atoms with Crippen LogP contribution in [0.15, 0.2) is 36.5 Å². The van der Waals surface area contributed by atoms with Crippen LogP contribution in [0.5, 0.6) is 0 Å². The summed E-state index contributed by atoms with van der Waals surface area (Å²) in [6.07, 6.45) is 1.55. The Kier molecular flexibility index (Phi) is 6.07. The second-order valence-corrected chi connectivity index (χ2v) is 6.00. The fourth-order valence-corrected chi connectivity index (χ4v) is 2.30. The maximum Gasteiger partial charge on any atom is 0.225 e. The number of halogens is 4. The average molecular weight is 408 g/mol. The van der Waals surface area contributed by atoms with Gasteiger partial charge in [-0.3, -0.25) is 15.8 Å². The van der Waals surface area contributed by atoms with Crippen molar-refractivity contribution >= 4 is 17.5 Å². The van der Waals surface area contributed by atoms with Crippen molar-refractivity contribution in [2.45, 2.75) is 13.0 Å². The minimum atomic E-state index is -1.59. The monoisotopic (exact) mass is 408 g/mol. The Morgan fingerprint density at radius 1 is 0.966 bits per heavy atom. The van der Waals surface area contributed by atoms with Crippen molar-refractivity contribution in [3.8, 4) is 11.4 Å². The number of nitrogens with one attached hydrogen (secondary N) is 3. The highest BCUT2D eigenvalue weighted by molar-refractivity contribution is 5.62. The molecule has 3 aromatic rings. The molecule has 11 heteroatoms. The quantitative estimate of drug-likeness (QED) is 0.271. The van der Waals surface area contributed by atoms with E-state index in [1.54, 1.807) is 31.3 Å². The summed E-state index contributed by atoms with van der Waals surface area (Å²) in [5, 5.41) is 12.0. The molecule has 2 heterocycles. The second kappa shape index (κ2) is 8.69. The first kappa shape index (κ1) is 20.3. The molecule has 0 saturated carbocycles. The predicted molar refractivity (Wildman–Crippen MR) is 99.0 cm³/mol. The van der Waals surface area contributed by atoms with Crippen LogP contribution < -0.4 is 16.2 Å². The molecule has 0 saturated heterocycles. The van der Waals surface area contributed by atoms with Crippen LogP contribution in [0.4, 0.5) is 35.0 Å². The molecule has 29 heavy (non-hydrogen) atoms. The van der Waals surface area contributed by atoms with E-state index in [2.05, 4.69) is 31.1 Å². The van der Waals surface area contributed by atoms with Gasteiger partial charge in [-0.05, 0) is 19.1 Å². The van der Waals surface area contributed by atoms with Crippen molar-refractivity contribution in [2.75, 3.05) is 22.8 Å². The minimum Gasteiger partial charge on any atom is -0.394 e. The van der Waals surface area contributed by atoms with Gasteiger partial charge in [0.2, 0.25) is 5.95 Å². The number of hydrogen-bond acceptors (Lipinski definition) is 7. The first-order valence-electron chi connectivity index (χ1n) is 8.42. The van der Waals surface area contributed by atoms with E-state index in [4.69, 9.17) is 0 Å². The lowest BCUT2D eigenvalue weighted by Gasteiger charge is -2.15. The Morgan fingerprint density at radius 2 is 1.69 bits per heavy atom. The van der Waals surface area contributed by atoms with Gasteiger partial charge >= 0.3 is 0 Å². The number of aromatic nitrogens is 3. The van der Waals surface area contributed by atoms with E-state index in [9.17, 15) is 22.7 Å². The van der Waals surface area contributed by atoms with Gasteiger partial charge < -0.3 is 10.4 Å². The molecule has 0 bridgehead atoms. The van der Waals surface area contributed by atoms with Crippen LogP contribution in [0, 0.1) is 23.3 Å². The summed E-state index contributed by atoms with van der Waals surface area (Å²) in [7, 11) is 0. The molecule has 0 spiro atoms. The smallest absolute Gasteiger partial charge is 0.225 e. The summed E-state index contributed by atoms with van der Waals surface area (Å²) in [5.41, 5.74) is 4.27. The largest absolute Gasteiger partial charge is 0.394 e. The second-order valence-electron chi connectivity index (χ2n) is 6.00. The third kappa shape index (κ3) is 4.69. The molecule has 2 aromatic heterocycles. The van der Waals surface area contributed by atoms with Crippen LogP contribution in [0.3, 0.4) is 0 Å². The third-order valence-electron chi connectivity index (χ3n) is 3.73. The standard InChI is InChI=1S/C18H16F4N6O/c1-9(8-29)24-18-25-13(12-4-2-3-5-23-12)7-14(26-18)27-28-17-15(21)10(19)6-11(20)16(17)22/h2-7,9,28-29H,8H2,1H3,(H2,24,25,26,27)/t9-/m0/s1. The normalized spacial score (nSPS) is 11.8. The summed E-state index contributed by atoms with van der Waals surface area (Å²) >= 11 is 0. The fourth-order valence-electron chi connectivity index (χ4n) is 2.30. The maximum absolute atomic E-state index is 13.8. The molecule has 0 amide bonds. The van der Waals surface area contributed by atoms with Crippen LogP contribution in [0.1, 0.15) is 6.92 Å². The van der Waals surface area contributed by atoms with E-state index in [0.717, 1.165) is 0 Å². The molecular formula is C18H16F4N6O. The van der Waals surface area contributed by atoms with Crippen LogP contribution in [0.25, 0.3) is 11.4 Å². The summed E-state index contributed by atoms with van der Waals surface area (Å²) in [6.45, 7) is 1.49. The van der Waals surface area contributed by atoms with Gasteiger partial charge in [0.15, 0.2) is 29.1 Å². The number of hydrogen-bond donors (Lipinski definition) is 4. The topological polar surface area (TPSA) is 95.0 Å². The molecule has 0 aliphatic carbocycles. The number of nitrogens with zero attached hydrogens (tertiary/aromatic N) is 3. The fraction of sp³-hybridized carbons (Fsp3) is 0.167. The van der Waals surface area contributed by atoms with Crippen LogP contribution in [-0.2, 0) is 0 Å². The molecule has 0 aliphatic rings. The molecule has 1 aromatic carbocycles. The van der Waals surface area contributed by atoms with Crippen molar-refractivity contribution in [1.29, 1.82) is 0 Å². The van der Waals surface area contributed by atoms with Gasteiger partial charge in [0.25, 0.3) is 0 Å². The molecule has 1 atom stereocenters. The molecule has 0 fully saturated rings. The lowest BCUT2D eigenvalue weighted by atomic mass is 10.2. The zero-order valence-electron chi connectivity index (χ0n) is 15.0. The van der Waals surface area contributed by atoms with Crippen LogP contribution in [-0.4, -0.2) is 32.7 Å².